The molecule has 1 saturated heterocycles. The first-order valence-electron chi connectivity index (χ1n) is 9.46. The molecule has 1 fully saturated rings. The molecule has 1 aliphatic heterocycles. The second-order valence-corrected chi connectivity index (χ2v) is 7.71. The molecule has 1 aromatic carbocycles. The molecule has 0 unspecified atom stereocenters. The highest BCUT2D eigenvalue weighted by Crippen LogP contribution is 2.31. The molecular weight excluding hydrogens is 436 g/mol. The van der Waals surface area contributed by atoms with Gasteiger partial charge in [-0.2, -0.15) is 5.10 Å². The second kappa shape index (κ2) is 9.78. The van der Waals surface area contributed by atoms with Crippen molar-refractivity contribution in [2.45, 2.75) is 13.5 Å². The van der Waals surface area contributed by atoms with Gasteiger partial charge >= 0.3 is 0 Å². The third-order valence-electron chi connectivity index (χ3n) is 4.81. The van der Waals surface area contributed by atoms with Crippen molar-refractivity contribution in [2.75, 3.05) is 44.3 Å². The molecule has 11 heteroatoms. The molecule has 0 spiro atoms. The van der Waals surface area contributed by atoms with Crippen molar-refractivity contribution in [3.05, 3.63) is 41.7 Å². The van der Waals surface area contributed by atoms with E-state index in [0.717, 1.165) is 30.5 Å². The van der Waals surface area contributed by atoms with Crippen LogP contribution in [0.3, 0.4) is 0 Å². The maximum atomic E-state index is 14.1. The minimum atomic E-state index is -0.738. The monoisotopic (exact) mass is 457 g/mol. The molecule has 3 aromatic rings. The Kier molecular flexibility index (Phi) is 7.35. The number of rotatable bonds is 6. The Morgan fingerprint density at radius 3 is 2.77 bits per heavy atom. The van der Waals surface area contributed by atoms with Gasteiger partial charge in [-0.05, 0) is 19.1 Å². The number of ether oxygens (including phenoxy) is 1. The van der Waals surface area contributed by atoms with E-state index in [2.05, 4.69) is 15.0 Å². The lowest BCUT2D eigenvalue weighted by Crippen LogP contribution is -2.43. The van der Waals surface area contributed by atoms with Gasteiger partial charge < -0.3 is 4.74 Å². The van der Waals surface area contributed by atoms with Gasteiger partial charge in [0.25, 0.3) is 5.91 Å². The van der Waals surface area contributed by atoms with E-state index in [1.54, 1.807) is 16.9 Å². The van der Waals surface area contributed by atoms with Crippen LogP contribution in [0.1, 0.15) is 17.4 Å². The van der Waals surface area contributed by atoms with Crippen molar-refractivity contribution in [3.63, 3.8) is 0 Å². The number of morpholine rings is 1. The van der Waals surface area contributed by atoms with Gasteiger partial charge in [-0.15, -0.1) is 12.4 Å². The molecule has 30 heavy (non-hydrogen) atoms. The van der Waals surface area contributed by atoms with Crippen molar-refractivity contribution >= 4 is 45.0 Å². The van der Waals surface area contributed by atoms with Crippen molar-refractivity contribution in [2.24, 2.45) is 0 Å². The summed E-state index contributed by atoms with van der Waals surface area (Å²) in [5.41, 5.74) is 0.356. The predicted octanol–water partition coefficient (Wildman–Crippen LogP) is 3.19. The van der Waals surface area contributed by atoms with Crippen molar-refractivity contribution in [3.8, 4) is 0 Å². The van der Waals surface area contributed by atoms with E-state index in [4.69, 9.17) is 4.74 Å². The number of carbonyl (C=O) groups excluding carboxylic acids is 1. The van der Waals surface area contributed by atoms with E-state index in [-0.39, 0.29) is 23.8 Å². The highest BCUT2D eigenvalue weighted by atomic mass is 35.5. The highest BCUT2D eigenvalue weighted by molar-refractivity contribution is 7.22. The number of fused-ring (bicyclic) bond motifs is 1. The Morgan fingerprint density at radius 2 is 2.07 bits per heavy atom. The average molecular weight is 458 g/mol. The number of hydrogen-bond donors (Lipinski definition) is 0. The molecule has 162 valence electrons. The number of carbonyl (C=O) groups is 1. The third kappa shape index (κ3) is 4.77. The SMILES string of the molecule is CCn1ccc(C(=O)N(CCN2CCOCC2)c2nc3c(F)cc(F)cc3s2)n1.Cl. The fourth-order valence-corrected chi connectivity index (χ4v) is 4.23. The van der Waals surface area contributed by atoms with Gasteiger partial charge in [0.15, 0.2) is 16.6 Å². The highest BCUT2D eigenvalue weighted by Gasteiger charge is 2.25. The second-order valence-electron chi connectivity index (χ2n) is 6.70. The first-order valence-corrected chi connectivity index (χ1v) is 10.3. The van der Waals surface area contributed by atoms with Crippen molar-refractivity contribution in [1.82, 2.24) is 19.7 Å². The zero-order valence-electron chi connectivity index (χ0n) is 16.4. The molecule has 0 N–H and O–H groups in total. The summed E-state index contributed by atoms with van der Waals surface area (Å²) in [4.78, 5) is 21.2. The topological polar surface area (TPSA) is 63.5 Å². The van der Waals surface area contributed by atoms with E-state index in [1.807, 2.05) is 6.92 Å². The molecule has 2 aromatic heterocycles. The lowest BCUT2D eigenvalue weighted by molar-refractivity contribution is 0.0391. The predicted molar refractivity (Wildman–Crippen MR) is 114 cm³/mol. The standard InChI is InChI=1S/C19H21F2N5O2S.ClH/c1-2-25-4-3-15(23-25)18(27)26(6-5-24-7-9-28-10-8-24)19-22-17-14(21)11-13(20)12-16(17)29-19;/h3-4,11-12H,2,5-10H2,1H3;1H. The van der Waals surface area contributed by atoms with Gasteiger partial charge in [-0.1, -0.05) is 11.3 Å². The van der Waals surface area contributed by atoms with Gasteiger partial charge in [-0.25, -0.2) is 13.8 Å². The van der Waals surface area contributed by atoms with Crippen LogP contribution in [0, 0.1) is 11.6 Å². The van der Waals surface area contributed by atoms with Crippen molar-refractivity contribution < 1.29 is 18.3 Å². The van der Waals surface area contributed by atoms with Gasteiger partial charge in [0.2, 0.25) is 0 Å². The van der Waals surface area contributed by atoms with E-state index in [0.29, 0.717) is 48.4 Å². The number of anilines is 1. The summed E-state index contributed by atoms with van der Waals surface area (Å²) < 4.78 is 35.1. The fourth-order valence-electron chi connectivity index (χ4n) is 3.20. The summed E-state index contributed by atoms with van der Waals surface area (Å²) in [5.74, 6) is -1.72. The van der Waals surface area contributed by atoms with E-state index < -0.39 is 11.6 Å². The van der Waals surface area contributed by atoms with Crippen LogP contribution >= 0.6 is 23.7 Å². The largest absolute Gasteiger partial charge is 0.379 e. The quantitative estimate of drug-likeness (QED) is 0.569. The first-order chi connectivity index (χ1) is 14.0. The number of aromatic nitrogens is 3. The van der Waals surface area contributed by atoms with Crippen LogP contribution in [0.4, 0.5) is 13.9 Å². The number of aryl methyl sites for hydroxylation is 1. The molecule has 1 aliphatic rings. The Labute approximate surface area is 182 Å². The summed E-state index contributed by atoms with van der Waals surface area (Å²) in [7, 11) is 0. The first kappa shape index (κ1) is 22.5. The summed E-state index contributed by atoms with van der Waals surface area (Å²) in [5, 5.41) is 4.62. The summed E-state index contributed by atoms with van der Waals surface area (Å²) in [6, 6.07) is 3.69. The van der Waals surface area contributed by atoms with Gasteiger partial charge in [0.05, 0.1) is 17.9 Å². The van der Waals surface area contributed by atoms with Crippen LogP contribution in [0.15, 0.2) is 24.4 Å². The Bertz CT molecular complexity index is 1020. The minimum absolute atomic E-state index is 0. The average Bonchev–Trinajstić information content (AvgIpc) is 3.36. The molecule has 0 saturated carbocycles. The molecule has 3 heterocycles. The van der Waals surface area contributed by atoms with Crippen LogP contribution in [0.5, 0.6) is 0 Å². The summed E-state index contributed by atoms with van der Waals surface area (Å²) >= 11 is 1.09. The number of halogens is 3. The minimum Gasteiger partial charge on any atom is -0.379 e. The van der Waals surface area contributed by atoms with Gasteiger partial charge in [0, 0.05) is 45.0 Å². The lowest BCUT2D eigenvalue weighted by Gasteiger charge is -2.29. The lowest BCUT2D eigenvalue weighted by atomic mass is 10.3. The Balaban J connectivity index is 0.00000256. The maximum absolute atomic E-state index is 14.1. The molecular formula is C19H22ClF2N5O2S. The molecule has 4 rings (SSSR count). The van der Waals surface area contributed by atoms with Crippen LogP contribution in [-0.2, 0) is 11.3 Å². The third-order valence-corrected chi connectivity index (χ3v) is 5.83. The summed E-state index contributed by atoms with van der Waals surface area (Å²) in [6.45, 7) is 6.44. The maximum Gasteiger partial charge on any atom is 0.280 e. The van der Waals surface area contributed by atoms with Crippen LogP contribution < -0.4 is 4.90 Å². The molecule has 0 aliphatic carbocycles. The van der Waals surface area contributed by atoms with Crippen LogP contribution in [0.2, 0.25) is 0 Å². The number of thiazole rings is 1. The number of hydrogen-bond acceptors (Lipinski definition) is 6. The van der Waals surface area contributed by atoms with Gasteiger partial charge in [0.1, 0.15) is 11.3 Å². The molecule has 0 radical (unpaired) electrons. The smallest absolute Gasteiger partial charge is 0.280 e. The van der Waals surface area contributed by atoms with Crippen LogP contribution in [-0.4, -0.2) is 65.0 Å². The van der Waals surface area contributed by atoms with Crippen LogP contribution in [0.25, 0.3) is 10.2 Å². The Morgan fingerprint density at radius 1 is 1.30 bits per heavy atom. The normalized spacial score (nSPS) is 14.6. The summed E-state index contributed by atoms with van der Waals surface area (Å²) in [6.07, 6.45) is 1.74. The number of nitrogens with zero attached hydrogens (tertiary/aromatic N) is 5. The van der Waals surface area contributed by atoms with Crippen molar-refractivity contribution in [1.29, 1.82) is 0 Å². The number of benzene rings is 1. The molecule has 0 bridgehead atoms. The zero-order valence-corrected chi connectivity index (χ0v) is 18.0. The molecule has 1 amide bonds. The zero-order chi connectivity index (χ0) is 20.4. The van der Waals surface area contributed by atoms with E-state index in [1.165, 1.54) is 11.0 Å². The Hall–Kier alpha value is -2.14. The molecule has 7 nitrogen and oxygen atoms in total. The van der Waals surface area contributed by atoms with E-state index >= 15 is 0 Å². The molecule has 0 atom stereocenters. The van der Waals surface area contributed by atoms with E-state index in [9.17, 15) is 13.6 Å². The van der Waals surface area contributed by atoms with Gasteiger partial charge in [-0.3, -0.25) is 19.3 Å². The number of amides is 1. The fraction of sp³-hybridized carbons (Fsp3) is 0.421.